The number of nitrogens with one attached hydrogen (secondary N) is 1. The minimum atomic E-state index is -0.0571. The Morgan fingerprint density at radius 3 is 2.50 bits per heavy atom. The van der Waals surface area contributed by atoms with E-state index in [-0.39, 0.29) is 6.03 Å². The van der Waals surface area contributed by atoms with Gasteiger partial charge in [-0.25, -0.2) is 4.79 Å². The summed E-state index contributed by atoms with van der Waals surface area (Å²) in [6.07, 6.45) is 0. The molecule has 0 aromatic heterocycles. The second-order valence-corrected chi connectivity index (χ2v) is 3.54. The molecule has 1 N–H and O–H groups in total. The Bertz CT molecular complexity index is 335. The highest BCUT2D eigenvalue weighted by Crippen LogP contribution is 2.12. The van der Waals surface area contributed by atoms with Crippen LogP contribution in [0.5, 0.6) is 5.75 Å². The Kier molecular flexibility index (Phi) is 4.64. The molecular weight excluding hydrogens is 204 g/mol. The summed E-state index contributed by atoms with van der Waals surface area (Å²) in [7, 11) is 3.41. The summed E-state index contributed by atoms with van der Waals surface area (Å²) in [4.78, 5) is 13.1. The maximum absolute atomic E-state index is 11.5. The third-order valence-corrected chi connectivity index (χ3v) is 2.25. The number of benzene rings is 1. The van der Waals surface area contributed by atoms with Crippen LogP contribution in [0.3, 0.4) is 0 Å². The summed E-state index contributed by atoms with van der Waals surface area (Å²) in [6.45, 7) is 3.14. The molecule has 0 aliphatic heterocycles. The lowest BCUT2D eigenvalue weighted by Crippen LogP contribution is -2.36. The number of hydrogen-bond donors (Lipinski definition) is 1. The van der Waals surface area contributed by atoms with Crippen molar-refractivity contribution >= 4 is 6.03 Å². The van der Waals surface area contributed by atoms with Crippen molar-refractivity contribution in [2.45, 2.75) is 13.5 Å². The summed E-state index contributed by atoms with van der Waals surface area (Å²) >= 11 is 0. The van der Waals surface area contributed by atoms with Crippen molar-refractivity contribution in [3.8, 4) is 5.75 Å². The standard InChI is InChI=1S/C12H18N2O2/c1-4-13-12(15)14(2)9-10-5-7-11(16-3)8-6-10/h5-8H,4,9H2,1-3H3,(H,13,15). The van der Waals surface area contributed by atoms with E-state index in [4.69, 9.17) is 4.74 Å². The highest BCUT2D eigenvalue weighted by molar-refractivity contribution is 5.73. The molecule has 0 aliphatic carbocycles. The summed E-state index contributed by atoms with van der Waals surface area (Å²) in [5.74, 6) is 0.824. The Balaban J connectivity index is 2.55. The van der Waals surface area contributed by atoms with Crippen molar-refractivity contribution in [3.63, 3.8) is 0 Å². The first-order chi connectivity index (χ1) is 7.67. The first kappa shape index (κ1) is 12.4. The lowest BCUT2D eigenvalue weighted by atomic mass is 10.2. The molecule has 2 amide bonds. The van der Waals surface area contributed by atoms with Gasteiger partial charge in [0, 0.05) is 20.1 Å². The van der Waals surface area contributed by atoms with E-state index in [0.717, 1.165) is 11.3 Å². The van der Waals surface area contributed by atoms with Gasteiger partial charge in [-0.2, -0.15) is 0 Å². The van der Waals surface area contributed by atoms with E-state index in [0.29, 0.717) is 13.1 Å². The van der Waals surface area contributed by atoms with Crippen LogP contribution in [0.15, 0.2) is 24.3 Å². The number of hydrogen-bond acceptors (Lipinski definition) is 2. The Hall–Kier alpha value is -1.71. The zero-order valence-electron chi connectivity index (χ0n) is 9.99. The lowest BCUT2D eigenvalue weighted by molar-refractivity contribution is 0.207. The fourth-order valence-electron chi connectivity index (χ4n) is 1.36. The molecule has 4 nitrogen and oxygen atoms in total. The highest BCUT2D eigenvalue weighted by atomic mass is 16.5. The highest BCUT2D eigenvalue weighted by Gasteiger charge is 2.07. The Morgan fingerprint density at radius 2 is 2.00 bits per heavy atom. The average molecular weight is 222 g/mol. The van der Waals surface area contributed by atoms with Crippen LogP contribution >= 0.6 is 0 Å². The minimum Gasteiger partial charge on any atom is -0.497 e. The van der Waals surface area contributed by atoms with Crippen LogP contribution in [0.1, 0.15) is 12.5 Å². The van der Waals surface area contributed by atoms with E-state index in [1.54, 1.807) is 19.1 Å². The van der Waals surface area contributed by atoms with Gasteiger partial charge in [-0.15, -0.1) is 0 Å². The van der Waals surface area contributed by atoms with Gasteiger partial charge in [-0.3, -0.25) is 0 Å². The molecule has 0 saturated heterocycles. The van der Waals surface area contributed by atoms with Crippen LogP contribution in [-0.4, -0.2) is 31.6 Å². The fourth-order valence-corrected chi connectivity index (χ4v) is 1.36. The van der Waals surface area contributed by atoms with Crippen molar-refractivity contribution < 1.29 is 9.53 Å². The quantitative estimate of drug-likeness (QED) is 0.844. The number of carbonyl (C=O) groups is 1. The lowest BCUT2D eigenvalue weighted by Gasteiger charge is -2.17. The third kappa shape index (κ3) is 3.46. The predicted octanol–water partition coefficient (Wildman–Crippen LogP) is 1.86. The van der Waals surface area contributed by atoms with Gasteiger partial charge in [0.15, 0.2) is 0 Å². The van der Waals surface area contributed by atoms with Gasteiger partial charge in [-0.1, -0.05) is 12.1 Å². The van der Waals surface area contributed by atoms with Crippen molar-refractivity contribution in [1.82, 2.24) is 10.2 Å². The number of carbonyl (C=O) groups excluding carboxylic acids is 1. The summed E-state index contributed by atoms with van der Waals surface area (Å²) in [6, 6.07) is 7.63. The van der Waals surface area contributed by atoms with E-state index in [9.17, 15) is 4.79 Å². The summed E-state index contributed by atoms with van der Waals surface area (Å²) in [5.41, 5.74) is 1.08. The largest absolute Gasteiger partial charge is 0.497 e. The molecule has 0 radical (unpaired) electrons. The van der Waals surface area contributed by atoms with Gasteiger partial charge in [0.2, 0.25) is 0 Å². The van der Waals surface area contributed by atoms with E-state index >= 15 is 0 Å². The number of methoxy groups -OCH3 is 1. The van der Waals surface area contributed by atoms with Crippen LogP contribution in [-0.2, 0) is 6.54 Å². The van der Waals surface area contributed by atoms with E-state index < -0.39 is 0 Å². The zero-order valence-corrected chi connectivity index (χ0v) is 9.99. The first-order valence-electron chi connectivity index (χ1n) is 5.29. The fraction of sp³-hybridized carbons (Fsp3) is 0.417. The van der Waals surface area contributed by atoms with Crippen molar-refractivity contribution in [1.29, 1.82) is 0 Å². The van der Waals surface area contributed by atoms with Crippen molar-refractivity contribution in [2.24, 2.45) is 0 Å². The molecule has 1 aromatic carbocycles. The second-order valence-electron chi connectivity index (χ2n) is 3.54. The molecule has 88 valence electrons. The molecule has 0 saturated carbocycles. The van der Waals surface area contributed by atoms with Crippen LogP contribution in [0.4, 0.5) is 4.79 Å². The molecule has 0 aliphatic rings. The van der Waals surface area contributed by atoms with Gasteiger partial charge in [-0.05, 0) is 24.6 Å². The molecule has 0 heterocycles. The molecular formula is C12H18N2O2. The van der Waals surface area contributed by atoms with Gasteiger partial charge in [0.25, 0.3) is 0 Å². The van der Waals surface area contributed by atoms with Crippen molar-refractivity contribution in [2.75, 3.05) is 20.7 Å². The smallest absolute Gasteiger partial charge is 0.317 e. The zero-order chi connectivity index (χ0) is 12.0. The maximum Gasteiger partial charge on any atom is 0.317 e. The summed E-state index contributed by atoms with van der Waals surface area (Å²) < 4.78 is 5.07. The second kappa shape index (κ2) is 6.00. The normalized spacial score (nSPS) is 9.69. The van der Waals surface area contributed by atoms with Crippen LogP contribution in [0.25, 0.3) is 0 Å². The molecule has 0 spiro atoms. The molecule has 0 fully saturated rings. The first-order valence-corrected chi connectivity index (χ1v) is 5.29. The monoisotopic (exact) mass is 222 g/mol. The summed E-state index contributed by atoms with van der Waals surface area (Å²) in [5, 5.41) is 2.75. The van der Waals surface area contributed by atoms with Crippen molar-refractivity contribution in [3.05, 3.63) is 29.8 Å². The van der Waals surface area contributed by atoms with E-state index in [2.05, 4.69) is 5.32 Å². The number of amides is 2. The van der Waals surface area contributed by atoms with Gasteiger partial charge in [0.1, 0.15) is 5.75 Å². The SMILES string of the molecule is CCNC(=O)N(C)Cc1ccc(OC)cc1. The van der Waals surface area contributed by atoms with Crippen LogP contribution in [0, 0.1) is 0 Å². The minimum absolute atomic E-state index is 0.0571. The number of urea groups is 1. The van der Waals surface area contributed by atoms with Gasteiger partial charge >= 0.3 is 6.03 Å². The molecule has 0 bridgehead atoms. The topological polar surface area (TPSA) is 41.6 Å². The molecule has 0 atom stereocenters. The number of rotatable bonds is 4. The van der Waals surface area contributed by atoms with Crippen LogP contribution in [0.2, 0.25) is 0 Å². The third-order valence-electron chi connectivity index (χ3n) is 2.25. The number of nitrogens with zero attached hydrogens (tertiary/aromatic N) is 1. The maximum atomic E-state index is 11.5. The average Bonchev–Trinajstić information content (AvgIpc) is 2.30. The van der Waals surface area contributed by atoms with E-state index in [1.165, 1.54) is 0 Å². The molecule has 4 heteroatoms. The molecule has 16 heavy (non-hydrogen) atoms. The number of ether oxygens (including phenoxy) is 1. The Morgan fingerprint density at radius 1 is 1.38 bits per heavy atom. The molecule has 1 rings (SSSR count). The van der Waals surface area contributed by atoms with E-state index in [1.807, 2.05) is 31.2 Å². The van der Waals surface area contributed by atoms with Gasteiger partial charge < -0.3 is 15.0 Å². The van der Waals surface area contributed by atoms with Crippen LogP contribution < -0.4 is 10.1 Å². The Labute approximate surface area is 96.2 Å². The molecule has 0 unspecified atom stereocenters. The molecule has 1 aromatic rings. The predicted molar refractivity (Wildman–Crippen MR) is 63.5 cm³/mol. The van der Waals surface area contributed by atoms with Gasteiger partial charge in [0.05, 0.1) is 7.11 Å².